The Labute approximate surface area is 174 Å². The van der Waals surface area contributed by atoms with Crippen molar-refractivity contribution >= 4 is 32.4 Å². The van der Waals surface area contributed by atoms with Gasteiger partial charge in [0.05, 0.1) is 0 Å². The zero-order valence-electron chi connectivity index (χ0n) is 16.2. The molecule has 1 aromatic heterocycles. The highest BCUT2D eigenvalue weighted by molar-refractivity contribution is 7.91. The Balaban J connectivity index is 1.53. The number of sulfonamides is 1. The number of hydrogen-bond donors (Lipinski definition) is 2. The van der Waals surface area contributed by atoms with Gasteiger partial charge in [-0.25, -0.2) is 13.1 Å². The van der Waals surface area contributed by atoms with Crippen LogP contribution in [0.15, 0.2) is 52.9 Å². The van der Waals surface area contributed by atoms with Gasteiger partial charge in [0.1, 0.15) is 0 Å². The number of anilines is 1. The molecule has 0 unspecified atom stereocenters. The number of nitrogens with zero attached hydrogens (tertiary/aromatic N) is 2. The first kappa shape index (κ1) is 21.1. The minimum Gasteiger partial charge on any atom is -0.296 e. The number of benzene rings is 2. The minimum atomic E-state index is -3.76. The monoisotopic (exact) mass is 430 g/mol. The van der Waals surface area contributed by atoms with Gasteiger partial charge >= 0.3 is 0 Å². The normalized spacial score (nSPS) is 11.4. The Hall–Kier alpha value is -2.62. The molecular formula is C20H22N4O3S2. The van der Waals surface area contributed by atoms with Gasteiger partial charge in [-0.15, -0.1) is 10.2 Å². The molecule has 0 aliphatic rings. The summed E-state index contributed by atoms with van der Waals surface area (Å²) in [5, 5.41) is 10.2. The lowest BCUT2D eigenvalue weighted by molar-refractivity contribution is 0.102. The molecule has 1 heterocycles. The molecule has 0 aliphatic heterocycles. The van der Waals surface area contributed by atoms with E-state index in [0.717, 1.165) is 28.9 Å². The highest BCUT2D eigenvalue weighted by Gasteiger charge is 2.20. The molecule has 1 amide bonds. The van der Waals surface area contributed by atoms with Crippen LogP contribution < -0.4 is 10.0 Å². The van der Waals surface area contributed by atoms with E-state index in [1.807, 2.05) is 50.2 Å². The average molecular weight is 431 g/mol. The molecule has 0 fully saturated rings. The van der Waals surface area contributed by atoms with Crippen LogP contribution in [-0.2, 0) is 16.4 Å². The van der Waals surface area contributed by atoms with Crippen molar-refractivity contribution in [1.82, 2.24) is 14.9 Å². The van der Waals surface area contributed by atoms with Crippen LogP contribution in [0.3, 0.4) is 0 Å². The quantitative estimate of drug-likeness (QED) is 0.422. The van der Waals surface area contributed by atoms with Gasteiger partial charge in [-0.3, -0.25) is 10.1 Å². The van der Waals surface area contributed by atoms with Crippen molar-refractivity contribution in [3.05, 3.63) is 70.8 Å². The molecule has 0 bridgehead atoms. The van der Waals surface area contributed by atoms with Crippen LogP contribution in [0.1, 0.15) is 33.5 Å². The standard InChI is InChI=1S/C20H22N4O3S2/c1-14-5-9-16(10-6-14)4-3-13-21-29(26,27)20-24-23-19(28-20)22-18(25)17-11-7-15(2)8-12-17/h5-12,21H,3-4,13H2,1-2H3,(H,22,23,25). The molecule has 0 saturated heterocycles. The number of amides is 1. The van der Waals surface area contributed by atoms with E-state index in [4.69, 9.17) is 0 Å². The molecule has 7 nitrogen and oxygen atoms in total. The highest BCUT2D eigenvalue weighted by Crippen LogP contribution is 2.20. The van der Waals surface area contributed by atoms with E-state index in [-0.39, 0.29) is 15.4 Å². The molecule has 0 radical (unpaired) electrons. The second-order valence-corrected chi connectivity index (χ2v) is 9.60. The van der Waals surface area contributed by atoms with E-state index in [1.165, 1.54) is 5.56 Å². The van der Waals surface area contributed by atoms with Gasteiger partial charge in [0, 0.05) is 12.1 Å². The van der Waals surface area contributed by atoms with Gasteiger partial charge in [-0.05, 0) is 44.4 Å². The SMILES string of the molecule is Cc1ccc(CCCNS(=O)(=O)c2nnc(NC(=O)c3ccc(C)cc3)s2)cc1. The average Bonchev–Trinajstić information content (AvgIpc) is 3.16. The summed E-state index contributed by atoms with van der Waals surface area (Å²) in [6, 6.07) is 15.2. The maximum absolute atomic E-state index is 12.4. The van der Waals surface area contributed by atoms with Crippen LogP contribution in [0.5, 0.6) is 0 Å². The summed E-state index contributed by atoms with van der Waals surface area (Å²) in [5.41, 5.74) is 3.85. The Morgan fingerprint density at radius 1 is 0.966 bits per heavy atom. The first-order valence-corrected chi connectivity index (χ1v) is 11.4. The number of nitrogens with one attached hydrogen (secondary N) is 2. The van der Waals surface area contributed by atoms with Gasteiger partial charge in [0.2, 0.25) is 9.47 Å². The summed E-state index contributed by atoms with van der Waals surface area (Å²) >= 11 is 0.817. The summed E-state index contributed by atoms with van der Waals surface area (Å²) in [7, 11) is -3.76. The lowest BCUT2D eigenvalue weighted by Gasteiger charge is -2.04. The zero-order chi connectivity index (χ0) is 20.9. The van der Waals surface area contributed by atoms with Crippen LogP contribution in [0.2, 0.25) is 0 Å². The van der Waals surface area contributed by atoms with Crippen LogP contribution in [-0.4, -0.2) is 31.1 Å². The van der Waals surface area contributed by atoms with Gasteiger partial charge < -0.3 is 0 Å². The smallest absolute Gasteiger partial charge is 0.269 e. The maximum Gasteiger partial charge on any atom is 0.269 e. The Morgan fingerprint density at radius 2 is 1.59 bits per heavy atom. The fourth-order valence-electron chi connectivity index (χ4n) is 2.56. The molecule has 152 valence electrons. The van der Waals surface area contributed by atoms with Gasteiger partial charge in [0.25, 0.3) is 15.9 Å². The van der Waals surface area contributed by atoms with Crippen LogP contribution >= 0.6 is 11.3 Å². The van der Waals surface area contributed by atoms with Crippen molar-refractivity contribution in [3.8, 4) is 0 Å². The van der Waals surface area contributed by atoms with Crippen LogP contribution in [0.25, 0.3) is 0 Å². The van der Waals surface area contributed by atoms with E-state index in [2.05, 4.69) is 20.2 Å². The van der Waals surface area contributed by atoms with Crippen LogP contribution in [0.4, 0.5) is 5.13 Å². The highest BCUT2D eigenvalue weighted by atomic mass is 32.2. The molecule has 0 saturated carbocycles. The molecular weight excluding hydrogens is 408 g/mol. The Bertz CT molecular complexity index is 1080. The molecule has 29 heavy (non-hydrogen) atoms. The van der Waals surface area contributed by atoms with E-state index >= 15 is 0 Å². The van der Waals surface area contributed by atoms with E-state index in [0.29, 0.717) is 18.5 Å². The van der Waals surface area contributed by atoms with Crippen LogP contribution in [0, 0.1) is 13.8 Å². The predicted molar refractivity (Wildman–Crippen MR) is 114 cm³/mol. The fourth-order valence-corrected chi connectivity index (χ4v) is 4.57. The van der Waals surface area contributed by atoms with Crippen molar-refractivity contribution in [2.45, 2.75) is 31.0 Å². The van der Waals surface area contributed by atoms with Gasteiger partial charge in [-0.2, -0.15) is 0 Å². The van der Waals surface area contributed by atoms with Crippen molar-refractivity contribution in [2.24, 2.45) is 0 Å². The molecule has 0 spiro atoms. The fraction of sp³-hybridized carbons (Fsp3) is 0.250. The lowest BCUT2D eigenvalue weighted by Crippen LogP contribution is -2.25. The molecule has 3 rings (SSSR count). The van der Waals surface area contributed by atoms with Gasteiger partial charge in [-0.1, -0.05) is 58.9 Å². The zero-order valence-corrected chi connectivity index (χ0v) is 17.8. The van der Waals surface area contributed by atoms with E-state index in [9.17, 15) is 13.2 Å². The largest absolute Gasteiger partial charge is 0.296 e. The second kappa shape index (κ2) is 9.25. The number of carbonyl (C=O) groups is 1. The Kier molecular flexibility index (Phi) is 6.73. The third kappa shape index (κ3) is 5.93. The number of carbonyl (C=O) groups excluding carboxylic acids is 1. The third-order valence-electron chi connectivity index (χ3n) is 4.23. The number of aromatic nitrogens is 2. The molecule has 2 aromatic carbocycles. The van der Waals surface area contributed by atoms with Crippen molar-refractivity contribution in [3.63, 3.8) is 0 Å². The van der Waals surface area contributed by atoms with E-state index in [1.54, 1.807) is 12.1 Å². The second-order valence-electron chi connectivity index (χ2n) is 6.68. The molecule has 9 heteroatoms. The summed E-state index contributed by atoms with van der Waals surface area (Å²) in [5.74, 6) is -0.365. The van der Waals surface area contributed by atoms with Crippen molar-refractivity contribution in [2.75, 3.05) is 11.9 Å². The summed E-state index contributed by atoms with van der Waals surface area (Å²) in [6.45, 7) is 4.25. The lowest BCUT2D eigenvalue weighted by atomic mass is 10.1. The first-order valence-electron chi connectivity index (χ1n) is 9.10. The molecule has 0 aliphatic carbocycles. The predicted octanol–water partition coefficient (Wildman–Crippen LogP) is 3.32. The molecule has 3 aromatic rings. The van der Waals surface area contributed by atoms with Crippen molar-refractivity contribution < 1.29 is 13.2 Å². The summed E-state index contributed by atoms with van der Waals surface area (Å²) in [6.07, 6.45) is 1.44. The first-order chi connectivity index (χ1) is 13.8. The number of hydrogen-bond acceptors (Lipinski definition) is 6. The molecule has 2 N–H and O–H groups in total. The summed E-state index contributed by atoms with van der Waals surface area (Å²) < 4.78 is 27.1. The molecule has 0 atom stereocenters. The Morgan fingerprint density at radius 3 is 2.24 bits per heavy atom. The third-order valence-corrected chi connectivity index (χ3v) is 6.89. The number of aryl methyl sites for hydroxylation is 3. The maximum atomic E-state index is 12.4. The van der Waals surface area contributed by atoms with Crippen molar-refractivity contribution in [1.29, 1.82) is 0 Å². The van der Waals surface area contributed by atoms with E-state index < -0.39 is 10.0 Å². The van der Waals surface area contributed by atoms with Gasteiger partial charge in [0.15, 0.2) is 0 Å². The minimum absolute atomic E-state index is 0.135. The summed E-state index contributed by atoms with van der Waals surface area (Å²) in [4.78, 5) is 12.2. The number of rotatable bonds is 8. The topological polar surface area (TPSA) is 101 Å².